The standard InChI is InChI=1S/C17H19BrN2O/c1-12(14-8-5-9-15(18)11-14)20-17(21)16(19)10-13-6-3-2-4-7-13/h2-9,11-12,16H,10,19H2,1H3,(H,20,21). The number of hydrogen-bond acceptors (Lipinski definition) is 2. The van der Waals surface area contributed by atoms with E-state index in [0.717, 1.165) is 15.6 Å². The van der Waals surface area contributed by atoms with Gasteiger partial charge in [0.05, 0.1) is 12.1 Å². The number of nitrogens with one attached hydrogen (secondary N) is 1. The van der Waals surface area contributed by atoms with Crippen LogP contribution >= 0.6 is 15.9 Å². The van der Waals surface area contributed by atoms with Gasteiger partial charge in [-0.3, -0.25) is 4.79 Å². The lowest BCUT2D eigenvalue weighted by Gasteiger charge is -2.18. The molecule has 0 aliphatic rings. The zero-order chi connectivity index (χ0) is 15.2. The Morgan fingerprint density at radius 2 is 1.90 bits per heavy atom. The molecule has 2 rings (SSSR count). The maximum Gasteiger partial charge on any atom is 0.237 e. The summed E-state index contributed by atoms with van der Waals surface area (Å²) in [5.41, 5.74) is 8.10. The molecule has 3 N–H and O–H groups in total. The van der Waals surface area contributed by atoms with Gasteiger partial charge in [-0.1, -0.05) is 58.4 Å². The van der Waals surface area contributed by atoms with E-state index in [1.807, 2.05) is 61.5 Å². The van der Waals surface area contributed by atoms with Crippen molar-refractivity contribution in [1.29, 1.82) is 0 Å². The quantitative estimate of drug-likeness (QED) is 0.873. The molecular formula is C17H19BrN2O. The minimum absolute atomic E-state index is 0.0724. The Hall–Kier alpha value is -1.65. The maximum atomic E-state index is 12.2. The van der Waals surface area contributed by atoms with Crippen molar-refractivity contribution in [2.24, 2.45) is 5.73 Å². The Morgan fingerprint density at radius 3 is 2.57 bits per heavy atom. The van der Waals surface area contributed by atoms with Crippen LogP contribution in [-0.4, -0.2) is 11.9 Å². The molecule has 0 saturated heterocycles. The molecule has 0 bridgehead atoms. The van der Waals surface area contributed by atoms with Crippen molar-refractivity contribution < 1.29 is 4.79 Å². The number of nitrogens with two attached hydrogens (primary N) is 1. The summed E-state index contributed by atoms with van der Waals surface area (Å²) >= 11 is 3.43. The molecule has 3 nitrogen and oxygen atoms in total. The molecule has 2 aromatic carbocycles. The normalized spacial score (nSPS) is 13.5. The summed E-state index contributed by atoms with van der Waals surface area (Å²) in [6, 6.07) is 17.1. The third-order valence-corrected chi connectivity index (χ3v) is 3.84. The van der Waals surface area contributed by atoms with Crippen molar-refractivity contribution in [3.8, 4) is 0 Å². The topological polar surface area (TPSA) is 55.1 Å². The van der Waals surface area contributed by atoms with E-state index < -0.39 is 6.04 Å². The molecule has 2 atom stereocenters. The van der Waals surface area contributed by atoms with Gasteiger partial charge in [-0.15, -0.1) is 0 Å². The van der Waals surface area contributed by atoms with Crippen molar-refractivity contribution in [2.45, 2.75) is 25.4 Å². The average molecular weight is 347 g/mol. The Morgan fingerprint density at radius 1 is 1.19 bits per heavy atom. The smallest absolute Gasteiger partial charge is 0.237 e. The number of amides is 1. The number of benzene rings is 2. The number of hydrogen-bond donors (Lipinski definition) is 2. The van der Waals surface area contributed by atoms with Crippen LogP contribution in [0.3, 0.4) is 0 Å². The number of carbonyl (C=O) groups is 1. The van der Waals surface area contributed by atoms with E-state index in [4.69, 9.17) is 5.73 Å². The summed E-state index contributed by atoms with van der Waals surface area (Å²) in [6.45, 7) is 1.95. The predicted octanol–water partition coefficient (Wildman–Crippen LogP) is 3.20. The Balaban J connectivity index is 1.94. The summed E-state index contributed by atoms with van der Waals surface area (Å²) < 4.78 is 0.995. The molecule has 0 aliphatic carbocycles. The third-order valence-electron chi connectivity index (χ3n) is 3.34. The molecule has 0 radical (unpaired) electrons. The monoisotopic (exact) mass is 346 g/mol. The number of rotatable bonds is 5. The van der Waals surface area contributed by atoms with Gasteiger partial charge in [0, 0.05) is 4.47 Å². The molecule has 0 heterocycles. The maximum absolute atomic E-state index is 12.2. The highest BCUT2D eigenvalue weighted by Crippen LogP contribution is 2.18. The minimum atomic E-state index is -0.540. The van der Waals surface area contributed by atoms with Crippen molar-refractivity contribution in [3.63, 3.8) is 0 Å². The van der Waals surface area contributed by atoms with E-state index in [2.05, 4.69) is 21.2 Å². The van der Waals surface area contributed by atoms with E-state index >= 15 is 0 Å². The van der Waals surface area contributed by atoms with Gasteiger partial charge in [0.15, 0.2) is 0 Å². The first kappa shape index (κ1) is 15.7. The van der Waals surface area contributed by atoms with E-state index in [9.17, 15) is 4.79 Å². The van der Waals surface area contributed by atoms with Crippen molar-refractivity contribution in [1.82, 2.24) is 5.32 Å². The van der Waals surface area contributed by atoms with Crippen LogP contribution in [0.4, 0.5) is 0 Å². The molecule has 2 aromatic rings. The second-order valence-electron chi connectivity index (χ2n) is 5.08. The largest absolute Gasteiger partial charge is 0.348 e. The molecule has 2 unspecified atom stereocenters. The van der Waals surface area contributed by atoms with E-state index in [1.54, 1.807) is 0 Å². The van der Waals surface area contributed by atoms with Crippen LogP contribution < -0.4 is 11.1 Å². The summed E-state index contributed by atoms with van der Waals surface area (Å²) in [4.78, 5) is 12.2. The summed E-state index contributed by atoms with van der Waals surface area (Å²) in [7, 11) is 0. The Kier molecular flexibility index (Phi) is 5.53. The predicted molar refractivity (Wildman–Crippen MR) is 88.8 cm³/mol. The lowest BCUT2D eigenvalue weighted by Crippen LogP contribution is -2.42. The average Bonchev–Trinajstić information content (AvgIpc) is 2.48. The lowest BCUT2D eigenvalue weighted by molar-refractivity contribution is -0.123. The summed E-state index contributed by atoms with van der Waals surface area (Å²) in [6.07, 6.45) is 0.540. The van der Waals surface area contributed by atoms with Crippen LogP contribution in [0.15, 0.2) is 59.1 Å². The first-order chi connectivity index (χ1) is 10.1. The summed E-state index contributed by atoms with van der Waals surface area (Å²) in [5, 5.41) is 2.96. The van der Waals surface area contributed by atoms with E-state index in [1.165, 1.54) is 0 Å². The SMILES string of the molecule is CC(NC(=O)C(N)Cc1ccccc1)c1cccc(Br)c1. The van der Waals surface area contributed by atoms with Gasteiger partial charge in [-0.05, 0) is 36.6 Å². The molecule has 0 saturated carbocycles. The van der Waals surface area contributed by atoms with Crippen LogP contribution in [0.5, 0.6) is 0 Å². The van der Waals surface area contributed by atoms with Gasteiger partial charge in [0.25, 0.3) is 0 Å². The van der Waals surface area contributed by atoms with Crippen molar-refractivity contribution in [2.75, 3.05) is 0 Å². The first-order valence-corrected chi connectivity index (χ1v) is 7.71. The van der Waals surface area contributed by atoms with Gasteiger partial charge in [0.1, 0.15) is 0 Å². The fourth-order valence-electron chi connectivity index (χ4n) is 2.14. The molecule has 0 fully saturated rings. The van der Waals surface area contributed by atoms with Gasteiger partial charge in [-0.25, -0.2) is 0 Å². The molecule has 0 aliphatic heterocycles. The highest BCUT2D eigenvalue weighted by atomic mass is 79.9. The molecule has 0 aromatic heterocycles. The van der Waals surface area contributed by atoms with Gasteiger partial charge >= 0.3 is 0 Å². The van der Waals surface area contributed by atoms with Crippen LogP contribution in [0.1, 0.15) is 24.1 Å². The zero-order valence-corrected chi connectivity index (χ0v) is 13.5. The zero-order valence-electron chi connectivity index (χ0n) is 11.9. The van der Waals surface area contributed by atoms with Gasteiger partial charge in [-0.2, -0.15) is 0 Å². The molecular weight excluding hydrogens is 328 g/mol. The highest BCUT2D eigenvalue weighted by molar-refractivity contribution is 9.10. The van der Waals surface area contributed by atoms with E-state index in [-0.39, 0.29) is 11.9 Å². The van der Waals surface area contributed by atoms with E-state index in [0.29, 0.717) is 6.42 Å². The van der Waals surface area contributed by atoms with Crippen LogP contribution in [-0.2, 0) is 11.2 Å². The lowest BCUT2D eigenvalue weighted by atomic mass is 10.0. The van der Waals surface area contributed by atoms with Crippen LogP contribution in [0, 0.1) is 0 Å². The second-order valence-corrected chi connectivity index (χ2v) is 6.00. The fraction of sp³-hybridized carbons (Fsp3) is 0.235. The molecule has 0 spiro atoms. The van der Waals surface area contributed by atoms with Gasteiger partial charge in [0.2, 0.25) is 5.91 Å². The third kappa shape index (κ3) is 4.69. The molecule has 4 heteroatoms. The minimum Gasteiger partial charge on any atom is -0.348 e. The Bertz CT molecular complexity index is 601. The highest BCUT2D eigenvalue weighted by Gasteiger charge is 2.17. The molecule has 1 amide bonds. The van der Waals surface area contributed by atoms with Crippen LogP contribution in [0.25, 0.3) is 0 Å². The van der Waals surface area contributed by atoms with Gasteiger partial charge < -0.3 is 11.1 Å². The number of halogens is 1. The second kappa shape index (κ2) is 7.38. The molecule has 110 valence electrons. The molecule has 21 heavy (non-hydrogen) atoms. The first-order valence-electron chi connectivity index (χ1n) is 6.91. The fourth-order valence-corrected chi connectivity index (χ4v) is 2.56. The summed E-state index contributed by atoms with van der Waals surface area (Å²) in [5.74, 6) is -0.133. The van der Waals surface area contributed by atoms with Crippen molar-refractivity contribution >= 4 is 21.8 Å². The van der Waals surface area contributed by atoms with Crippen molar-refractivity contribution in [3.05, 3.63) is 70.2 Å². The number of carbonyl (C=O) groups excluding carboxylic acids is 1. The van der Waals surface area contributed by atoms with Crippen LogP contribution in [0.2, 0.25) is 0 Å². The Labute approximate surface area is 133 Å².